The molecule has 1 fully saturated rings. The Morgan fingerprint density at radius 3 is 2.68 bits per heavy atom. The normalized spacial score (nSPS) is 20.8. The van der Waals surface area contributed by atoms with Crippen LogP contribution in [0.15, 0.2) is 12.1 Å². The highest BCUT2D eigenvalue weighted by Gasteiger charge is 2.38. The van der Waals surface area contributed by atoms with Gasteiger partial charge in [0, 0.05) is 45.0 Å². The molecule has 0 bridgehead atoms. The van der Waals surface area contributed by atoms with E-state index in [9.17, 15) is 9.59 Å². The van der Waals surface area contributed by atoms with Crippen molar-refractivity contribution in [2.24, 2.45) is 7.05 Å². The second kappa shape index (κ2) is 9.92. The number of carbonyl (C=O) groups excluding carboxylic acids is 2. The van der Waals surface area contributed by atoms with Crippen LogP contribution in [0.4, 0.5) is 10.6 Å². The summed E-state index contributed by atoms with van der Waals surface area (Å²) in [6, 6.07) is 3.46. The maximum atomic E-state index is 12.6. The van der Waals surface area contributed by atoms with Gasteiger partial charge in [-0.15, -0.1) is 0 Å². The minimum absolute atomic E-state index is 0.00511. The van der Waals surface area contributed by atoms with Crippen LogP contribution in [-0.4, -0.2) is 64.4 Å². The maximum Gasteiger partial charge on any atom is 0.407 e. The van der Waals surface area contributed by atoms with Crippen LogP contribution < -0.4 is 10.6 Å². The molecule has 11 nitrogen and oxygen atoms in total. The van der Waals surface area contributed by atoms with Crippen LogP contribution in [0.1, 0.15) is 54.5 Å². The predicted molar refractivity (Wildman–Crippen MR) is 112 cm³/mol. The molecule has 3 atom stereocenters. The van der Waals surface area contributed by atoms with E-state index in [1.165, 1.54) is 4.68 Å². The summed E-state index contributed by atoms with van der Waals surface area (Å²) in [4.78, 5) is 24.6. The van der Waals surface area contributed by atoms with Crippen LogP contribution >= 0.6 is 0 Å². The van der Waals surface area contributed by atoms with Gasteiger partial charge in [-0.25, -0.2) is 4.79 Å². The Kier molecular flexibility index (Phi) is 7.29. The smallest absolute Gasteiger partial charge is 0.407 e. The van der Waals surface area contributed by atoms with E-state index in [0.29, 0.717) is 36.7 Å². The number of aromatic nitrogens is 4. The lowest BCUT2D eigenvalue weighted by atomic mass is 10.0. The van der Waals surface area contributed by atoms with Gasteiger partial charge < -0.3 is 24.8 Å². The molecule has 31 heavy (non-hydrogen) atoms. The number of nitrogens with zero attached hydrogens (tertiary/aromatic N) is 3. The maximum absolute atomic E-state index is 12.6. The third-order valence-electron chi connectivity index (χ3n) is 5.15. The summed E-state index contributed by atoms with van der Waals surface area (Å²) < 4.78 is 17.6. The molecular weight excluding hydrogens is 404 g/mol. The molecule has 1 aliphatic carbocycles. The number of carbonyl (C=O) groups is 2. The molecule has 0 aliphatic heterocycles. The monoisotopic (exact) mass is 434 g/mol. The van der Waals surface area contributed by atoms with Crippen molar-refractivity contribution in [3.05, 3.63) is 29.2 Å². The molecule has 2 amide bonds. The number of aromatic amines is 1. The van der Waals surface area contributed by atoms with E-state index >= 15 is 0 Å². The van der Waals surface area contributed by atoms with E-state index in [1.54, 1.807) is 33.4 Å². The highest BCUT2D eigenvalue weighted by molar-refractivity contribution is 6.02. The number of methoxy groups -OCH3 is 2. The first-order chi connectivity index (χ1) is 14.8. The van der Waals surface area contributed by atoms with Gasteiger partial charge >= 0.3 is 6.09 Å². The minimum Gasteiger partial charge on any atom is -0.443 e. The van der Waals surface area contributed by atoms with Gasteiger partial charge in [0.1, 0.15) is 11.8 Å². The number of rotatable bonds is 8. The number of H-pyrrole nitrogens is 1. The molecule has 0 spiro atoms. The van der Waals surface area contributed by atoms with Gasteiger partial charge in [-0.2, -0.15) is 10.2 Å². The number of alkyl carbamates (subject to hydrolysis) is 1. The average molecular weight is 434 g/mol. The van der Waals surface area contributed by atoms with E-state index in [-0.39, 0.29) is 30.1 Å². The lowest BCUT2D eigenvalue weighted by Gasteiger charge is -2.19. The van der Waals surface area contributed by atoms with E-state index < -0.39 is 6.09 Å². The molecule has 1 aliphatic rings. The molecule has 0 aromatic carbocycles. The molecule has 3 rings (SSSR count). The highest BCUT2D eigenvalue weighted by Crippen LogP contribution is 2.37. The van der Waals surface area contributed by atoms with Crippen LogP contribution in [0.2, 0.25) is 0 Å². The third kappa shape index (κ3) is 5.61. The first kappa shape index (κ1) is 22.8. The second-order valence-corrected chi connectivity index (χ2v) is 7.93. The Labute approximate surface area is 180 Å². The van der Waals surface area contributed by atoms with Crippen LogP contribution in [-0.2, 0) is 27.9 Å². The SMILES string of the molecule is COCc1cc(C(=O)Nc2cc([C@H]3C[C@H](OC)[C@@H](OC(=O)NC(C)C)C3)[nH]n2)n(C)n1. The van der Waals surface area contributed by atoms with Gasteiger partial charge in [-0.1, -0.05) is 0 Å². The fraction of sp³-hybridized carbons (Fsp3) is 0.600. The van der Waals surface area contributed by atoms with E-state index in [1.807, 2.05) is 13.8 Å². The number of amides is 2. The largest absolute Gasteiger partial charge is 0.443 e. The van der Waals surface area contributed by atoms with Crippen molar-refractivity contribution >= 4 is 17.8 Å². The Hall–Kier alpha value is -2.92. The van der Waals surface area contributed by atoms with E-state index in [0.717, 1.165) is 5.69 Å². The molecule has 0 saturated heterocycles. The van der Waals surface area contributed by atoms with Gasteiger partial charge in [0.25, 0.3) is 5.91 Å². The number of hydrogen-bond acceptors (Lipinski definition) is 7. The summed E-state index contributed by atoms with van der Waals surface area (Å²) in [7, 11) is 4.88. The second-order valence-electron chi connectivity index (χ2n) is 7.93. The molecule has 170 valence electrons. The Balaban J connectivity index is 1.62. The summed E-state index contributed by atoms with van der Waals surface area (Å²) in [5.74, 6) is 0.151. The van der Waals surface area contributed by atoms with Crippen LogP contribution in [0.25, 0.3) is 0 Å². The molecule has 3 N–H and O–H groups in total. The minimum atomic E-state index is -0.454. The zero-order chi connectivity index (χ0) is 22.5. The van der Waals surface area contributed by atoms with Crippen molar-refractivity contribution in [2.45, 2.75) is 57.5 Å². The Bertz CT molecular complexity index is 908. The summed E-state index contributed by atoms with van der Waals surface area (Å²) in [6.45, 7) is 4.07. The summed E-state index contributed by atoms with van der Waals surface area (Å²) in [6.07, 6.45) is 0.251. The summed E-state index contributed by atoms with van der Waals surface area (Å²) >= 11 is 0. The first-order valence-electron chi connectivity index (χ1n) is 10.2. The summed E-state index contributed by atoms with van der Waals surface area (Å²) in [5, 5.41) is 16.9. The van der Waals surface area contributed by atoms with Crippen molar-refractivity contribution in [2.75, 3.05) is 19.5 Å². The zero-order valence-electron chi connectivity index (χ0n) is 18.5. The lowest BCUT2D eigenvalue weighted by Crippen LogP contribution is -2.36. The third-order valence-corrected chi connectivity index (χ3v) is 5.15. The van der Waals surface area contributed by atoms with E-state index in [4.69, 9.17) is 14.2 Å². The summed E-state index contributed by atoms with van der Waals surface area (Å²) in [5.41, 5.74) is 1.92. The van der Waals surface area contributed by atoms with Crippen molar-refractivity contribution in [1.82, 2.24) is 25.3 Å². The molecule has 2 aromatic heterocycles. The topological polar surface area (TPSA) is 132 Å². The Morgan fingerprint density at radius 1 is 1.26 bits per heavy atom. The van der Waals surface area contributed by atoms with Gasteiger partial charge in [0.05, 0.1) is 18.4 Å². The van der Waals surface area contributed by atoms with Crippen LogP contribution in [0.3, 0.4) is 0 Å². The van der Waals surface area contributed by atoms with Crippen molar-refractivity contribution in [1.29, 1.82) is 0 Å². The average Bonchev–Trinajstić information content (AvgIpc) is 3.40. The first-order valence-corrected chi connectivity index (χ1v) is 10.2. The number of ether oxygens (including phenoxy) is 3. The molecule has 2 aromatic rings. The number of hydrogen-bond donors (Lipinski definition) is 3. The number of aryl methyl sites for hydroxylation is 1. The number of anilines is 1. The fourth-order valence-electron chi connectivity index (χ4n) is 3.74. The van der Waals surface area contributed by atoms with Gasteiger partial charge in [0.15, 0.2) is 5.82 Å². The molecule has 2 heterocycles. The van der Waals surface area contributed by atoms with E-state index in [2.05, 4.69) is 25.9 Å². The zero-order valence-corrected chi connectivity index (χ0v) is 18.5. The van der Waals surface area contributed by atoms with Gasteiger partial charge in [0.2, 0.25) is 0 Å². The van der Waals surface area contributed by atoms with Crippen LogP contribution in [0.5, 0.6) is 0 Å². The molecular formula is C20H30N6O5. The molecule has 11 heteroatoms. The molecule has 0 unspecified atom stereocenters. The molecule has 0 radical (unpaired) electrons. The van der Waals surface area contributed by atoms with Crippen molar-refractivity contribution in [3.63, 3.8) is 0 Å². The van der Waals surface area contributed by atoms with Crippen LogP contribution in [0, 0.1) is 0 Å². The van der Waals surface area contributed by atoms with Gasteiger partial charge in [-0.3, -0.25) is 14.6 Å². The lowest BCUT2D eigenvalue weighted by molar-refractivity contribution is -0.00379. The quantitative estimate of drug-likeness (QED) is 0.578. The highest BCUT2D eigenvalue weighted by atomic mass is 16.6. The predicted octanol–water partition coefficient (Wildman–Crippen LogP) is 1.94. The van der Waals surface area contributed by atoms with Crippen molar-refractivity contribution in [3.8, 4) is 0 Å². The standard InChI is InChI=1S/C20H30N6O5/c1-11(2)21-20(28)31-17-7-12(6-16(17)30-5)14-9-18(24-23-14)22-19(27)15-8-13(10-29-4)25-26(15)3/h8-9,11-12,16-17H,6-7,10H2,1-5H3,(H,21,28)(H2,22,23,24,27)/t12-,16-,17-/m0/s1. The Morgan fingerprint density at radius 2 is 2.00 bits per heavy atom. The molecule has 1 saturated carbocycles. The fourth-order valence-corrected chi connectivity index (χ4v) is 3.74. The number of nitrogens with one attached hydrogen (secondary N) is 3. The van der Waals surface area contributed by atoms with Crippen molar-refractivity contribution < 1.29 is 23.8 Å². The van der Waals surface area contributed by atoms with Gasteiger partial charge in [-0.05, 0) is 32.8 Å².